The van der Waals surface area contributed by atoms with Crippen LogP contribution in [0.3, 0.4) is 0 Å². The molecule has 1 saturated heterocycles. The predicted molar refractivity (Wildman–Crippen MR) is 64.1 cm³/mol. The van der Waals surface area contributed by atoms with Crippen LogP contribution in [0.2, 0.25) is 0 Å². The van der Waals surface area contributed by atoms with E-state index in [0.29, 0.717) is 17.7 Å². The molecular weight excluding hydrogens is 237 g/mol. The molecule has 2 N–H and O–H groups in total. The average Bonchev–Trinajstić information content (AvgIpc) is 2.39. The summed E-state index contributed by atoms with van der Waals surface area (Å²) in [7, 11) is 1.52. The minimum atomic E-state index is -0.866. The SMILES string of the molecule is COc1ccc(F)cc1C1CCCC(C(=O)O)N1. The summed E-state index contributed by atoms with van der Waals surface area (Å²) in [5.41, 5.74) is 0.684. The second kappa shape index (κ2) is 5.35. The Morgan fingerprint density at radius 2 is 2.28 bits per heavy atom. The van der Waals surface area contributed by atoms with Crippen molar-refractivity contribution < 1.29 is 19.0 Å². The quantitative estimate of drug-likeness (QED) is 0.866. The Morgan fingerprint density at radius 1 is 1.50 bits per heavy atom. The molecule has 1 aliphatic heterocycles. The first-order chi connectivity index (χ1) is 8.61. The molecule has 5 heteroatoms. The fraction of sp³-hybridized carbons (Fsp3) is 0.462. The summed E-state index contributed by atoms with van der Waals surface area (Å²) >= 11 is 0. The maximum atomic E-state index is 13.3. The normalized spacial score (nSPS) is 23.7. The molecule has 4 nitrogen and oxygen atoms in total. The first kappa shape index (κ1) is 12.8. The minimum Gasteiger partial charge on any atom is -0.496 e. The summed E-state index contributed by atoms with van der Waals surface area (Å²) in [6.07, 6.45) is 2.18. The van der Waals surface area contributed by atoms with Crippen LogP contribution < -0.4 is 10.1 Å². The van der Waals surface area contributed by atoms with Gasteiger partial charge in [0.2, 0.25) is 0 Å². The van der Waals surface area contributed by atoms with Crippen molar-refractivity contribution in [3.8, 4) is 5.75 Å². The molecule has 0 aromatic heterocycles. The van der Waals surface area contributed by atoms with Crippen molar-refractivity contribution in [3.63, 3.8) is 0 Å². The highest BCUT2D eigenvalue weighted by atomic mass is 19.1. The molecule has 0 spiro atoms. The van der Waals surface area contributed by atoms with Crippen molar-refractivity contribution in [2.24, 2.45) is 0 Å². The Kier molecular flexibility index (Phi) is 3.81. The van der Waals surface area contributed by atoms with Gasteiger partial charge in [-0.1, -0.05) is 0 Å². The molecule has 2 atom stereocenters. The van der Waals surface area contributed by atoms with Gasteiger partial charge < -0.3 is 9.84 Å². The molecule has 2 rings (SSSR count). The topological polar surface area (TPSA) is 58.6 Å². The number of benzene rings is 1. The largest absolute Gasteiger partial charge is 0.496 e. The van der Waals surface area contributed by atoms with E-state index in [2.05, 4.69) is 5.32 Å². The van der Waals surface area contributed by atoms with Crippen LogP contribution in [-0.2, 0) is 4.79 Å². The molecule has 18 heavy (non-hydrogen) atoms. The van der Waals surface area contributed by atoms with Crippen molar-refractivity contribution in [2.45, 2.75) is 31.3 Å². The second-order valence-corrected chi connectivity index (χ2v) is 4.43. The van der Waals surface area contributed by atoms with Gasteiger partial charge in [0.1, 0.15) is 17.6 Å². The Bertz CT molecular complexity index is 450. The molecule has 98 valence electrons. The minimum absolute atomic E-state index is 0.175. The van der Waals surface area contributed by atoms with Gasteiger partial charge in [0.15, 0.2) is 0 Å². The first-order valence-corrected chi connectivity index (χ1v) is 5.94. The van der Waals surface area contributed by atoms with E-state index in [1.807, 2.05) is 0 Å². The van der Waals surface area contributed by atoms with E-state index in [9.17, 15) is 9.18 Å². The van der Waals surface area contributed by atoms with Gasteiger partial charge in [-0.25, -0.2) is 4.39 Å². The number of methoxy groups -OCH3 is 1. The predicted octanol–water partition coefficient (Wildman–Crippen LogP) is 2.10. The average molecular weight is 253 g/mol. The summed E-state index contributed by atoms with van der Waals surface area (Å²) in [5, 5.41) is 12.0. The zero-order chi connectivity index (χ0) is 13.1. The van der Waals surface area contributed by atoms with Gasteiger partial charge in [-0.15, -0.1) is 0 Å². The zero-order valence-electron chi connectivity index (χ0n) is 10.1. The van der Waals surface area contributed by atoms with Crippen LogP contribution in [-0.4, -0.2) is 24.2 Å². The smallest absolute Gasteiger partial charge is 0.320 e. The highest BCUT2D eigenvalue weighted by Gasteiger charge is 2.28. The van der Waals surface area contributed by atoms with Crippen molar-refractivity contribution >= 4 is 5.97 Å². The maximum absolute atomic E-state index is 13.3. The highest BCUT2D eigenvalue weighted by Crippen LogP contribution is 2.32. The van der Waals surface area contributed by atoms with Gasteiger partial charge in [0.05, 0.1) is 7.11 Å². The Hall–Kier alpha value is -1.62. The standard InChI is InChI=1S/C13H16FNO3/c1-18-12-6-5-8(14)7-9(12)10-3-2-4-11(15-10)13(16)17/h5-7,10-11,15H,2-4H2,1H3,(H,16,17). The molecule has 1 heterocycles. The van der Waals surface area contributed by atoms with Crippen molar-refractivity contribution in [1.29, 1.82) is 0 Å². The number of hydrogen-bond donors (Lipinski definition) is 2. The number of aliphatic carboxylic acids is 1. The van der Waals surface area contributed by atoms with Crippen LogP contribution in [0.25, 0.3) is 0 Å². The number of halogens is 1. The molecule has 0 amide bonds. The van der Waals surface area contributed by atoms with Gasteiger partial charge >= 0.3 is 5.97 Å². The van der Waals surface area contributed by atoms with Crippen LogP contribution >= 0.6 is 0 Å². The Labute approximate surface area is 105 Å². The lowest BCUT2D eigenvalue weighted by Crippen LogP contribution is -2.42. The number of piperidine rings is 1. The lowest BCUT2D eigenvalue weighted by Gasteiger charge is -2.29. The van der Waals surface area contributed by atoms with E-state index in [1.165, 1.54) is 19.2 Å². The molecule has 0 saturated carbocycles. The maximum Gasteiger partial charge on any atom is 0.320 e. The fourth-order valence-corrected chi connectivity index (χ4v) is 2.35. The van der Waals surface area contributed by atoms with Gasteiger partial charge in [-0.2, -0.15) is 0 Å². The molecule has 1 aromatic carbocycles. The number of hydrogen-bond acceptors (Lipinski definition) is 3. The van der Waals surface area contributed by atoms with Gasteiger partial charge in [-0.3, -0.25) is 10.1 Å². The number of rotatable bonds is 3. The second-order valence-electron chi connectivity index (χ2n) is 4.43. The van der Waals surface area contributed by atoms with Crippen LogP contribution in [0.5, 0.6) is 5.75 Å². The van der Waals surface area contributed by atoms with Crippen LogP contribution in [0.1, 0.15) is 30.9 Å². The summed E-state index contributed by atoms with van der Waals surface area (Å²) in [4.78, 5) is 11.0. The molecule has 1 fully saturated rings. The summed E-state index contributed by atoms with van der Waals surface area (Å²) in [6.45, 7) is 0. The van der Waals surface area contributed by atoms with E-state index in [4.69, 9.17) is 9.84 Å². The number of carbonyl (C=O) groups is 1. The molecule has 0 aliphatic carbocycles. The zero-order valence-corrected chi connectivity index (χ0v) is 10.1. The van der Waals surface area contributed by atoms with Crippen molar-refractivity contribution in [3.05, 3.63) is 29.6 Å². The monoisotopic (exact) mass is 253 g/mol. The van der Waals surface area contributed by atoms with Crippen LogP contribution in [0.15, 0.2) is 18.2 Å². The lowest BCUT2D eigenvalue weighted by atomic mass is 9.93. The van der Waals surface area contributed by atoms with Gasteiger partial charge in [0.25, 0.3) is 0 Å². The number of ether oxygens (including phenoxy) is 1. The molecule has 2 unspecified atom stereocenters. The van der Waals surface area contributed by atoms with Crippen LogP contribution in [0.4, 0.5) is 4.39 Å². The fourth-order valence-electron chi connectivity index (χ4n) is 2.35. The summed E-state index contributed by atoms with van der Waals surface area (Å²) in [6, 6.07) is 3.55. The highest BCUT2D eigenvalue weighted by molar-refractivity contribution is 5.73. The van der Waals surface area contributed by atoms with Crippen molar-refractivity contribution in [2.75, 3.05) is 7.11 Å². The van der Waals surface area contributed by atoms with Crippen LogP contribution in [0, 0.1) is 5.82 Å². The van der Waals surface area contributed by atoms with Gasteiger partial charge in [-0.05, 0) is 37.5 Å². The number of carboxylic acid groups (broad SMARTS) is 1. The summed E-state index contributed by atoms with van der Waals surface area (Å²) < 4.78 is 18.5. The Morgan fingerprint density at radius 3 is 2.94 bits per heavy atom. The third-order valence-corrected chi connectivity index (χ3v) is 3.25. The number of carboxylic acids is 1. The van der Waals surface area contributed by atoms with E-state index in [1.54, 1.807) is 6.07 Å². The van der Waals surface area contributed by atoms with E-state index < -0.39 is 12.0 Å². The van der Waals surface area contributed by atoms with Crippen molar-refractivity contribution in [1.82, 2.24) is 5.32 Å². The third-order valence-electron chi connectivity index (χ3n) is 3.25. The Balaban J connectivity index is 2.25. The van der Waals surface area contributed by atoms with E-state index in [-0.39, 0.29) is 11.9 Å². The lowest BCUT2D eigenvalue weighted by molar-refractivity contribution is -0.140. The van der Waals surface area contributed by atoms with E-state index >= 15 is 0 Å². The summed E-state index contributed by atoms with van der Waals surface area (Å²) in [5.74, 6) is -0.625. The van der Waals surface area contributed by atoms with Gasteiger partial charge in [0, 0.05) is 11.6 Å². The molecule has 1 aromatic rings. The molecule has 0 bridgehead atoms. The molecular formula is C13H16FNO3. The first-order valence-electron chi connectivity index (χ1n) is 5.94. The third kappa shape index (κ3) is 2.61. The van der Waals surface area contributed by atoms with E-state index in [0.717, 1.165) is 12.8 Å². The number of nitrogens with one attached hydrogen (secondary N) is 1. The molecule has 0 radical (unpaired) electrons. The molecule has 1 aliphatic rings.